The van der Waals surface area contributed by atoms with Gasteiger partial charge in [-0.25, -0.2) is 9.59 Å². The number of likely N-dealkylation sites (tertiary alicyclic amines) is 1. The largest absolute Gasteiger partial charge is 0.378 e. The summed E-state index contributed by atoms with van der Waals surface area (Å²) in [5, 5.41) is 8.79. The summed E-state index contributed by atoms with van der Waals surface area (Å²) in [5.74, 6) is 0. The highest BCUT2D eigenvalue weighted by molar-refractivity contribution is 5.89. The smallest absolute Gasteiger partial charge is 0.319 e. The third kappa shape index (κ3) is 6.14. The zero-order valence-corrected chi connectivity index (χ0v) is 17.0. The lowest BCUT2D eigenvalue weighted by Crippen LogP contribution is -2.50. The number of carbonyl (C=O) groups excluding carboxylic acids is 2. The van der Waals surface area contributed by atoms with Crippen molar-refractivity contribution in [1.82, 2.24) is 15.5 Å². The van der Waals surface area contributed by atoms with E-state index in [1.807, 2.05) is 78.5 Å². The molecule has 7 heteroatoms. The first-order valence-electron chi connectivity index (χ1n) is 9.93. The summed E-state index contributed by atoms with van der Waals surface area (Å²) in [6.45, 7) is 1.76. The maximum Gasteiger partial charge on any atom is 0.319 e. The molecule has 3 rings (SSSR count). The molecule has 0 atom stereocenters. The molecule has 0 aliphatic carbocycles. The monoisotopic (exact) mass is 395 g/mol. The second-order valence-electron chi connectivity index (χ2n) is 7.45. The standard InChI is InChI=1S/C22H29N5O2/c1-26(2)20-10-8-17(9-11-20)16-23-22(29)27-14-12-19(13-15-27)25-21(28)24-18-6-4-3-5-7-18/h3-11,19H,12-16H2,1-2H3,(H,23,29)(H2,24,25,28). The molecule has 1 aliphatic heterocycles. The van der Waals surface area contributed by atoms with Gasteiger partial charge in [0.2, 0.25) is 0 Å². The Bertz CT molecular complexity index is 800. The predicted octanol–water partition coefficient (Wildman–Crippen LogP) is 3.25. The van der Waals surface area contributed by atoms with E-state index in [0.29, 0.717) is 19.6 Å². The van der Waals surface area contributed by atoms with Crippen molar-refractivity contribution >= 4 is 23.4 Å². The van der Waals surface area contributed by atoms with Crippen LogP contribution in [0.15, 0.2) is 54.6 Å². The number of hydrogen-bond acceptors (Lipinski definition) is 3. The molecule has 0 bridgehead atoms. The molecule has 0 saturated carbocycles. The maximum atomic E-state index is 12.4. The summed E-state index contributed by atoms with van der Waals surface area (Å²) in [7, 11) is 4.00. The summed E-state index contributed by atoms with van der Waals surface area (Å²) < 4.78 is 0. The van der Waals surface area contributed by atoms with Crippen LogP contribution >= 0.6 is 0 Å². The number of para-hydroxylation sites is 1. The Morgan fingerprint density at radius 2 is 1.66 bits per heavy atom. The molecule has 0 unspecified atom stereocenters. The zero-order valence-electron chi connectivity index (χ0n) is 17.0. The lowest BCUT2D eigenvalue weighted by Gasteiger charge is -2.32. The average Bonchev–Trinajstić information content (AvgIpc) is 2.73. The van der Waals surface area contributed by atoms with Gasteiger partial charge in [-0.15, -0.1) is 0 Å². The Kier molecular flexibility index (Phi) is 6.94. The van der Waals surface area contributed by atoms with Crippen molar-refractivity contribution in [2.45, 2.75) is 25.4 Å². The Hall–Kier alpha value is -3.22. The molecule has 154 valence electrons. The lowest BCUT2D eigenvalue weighted by molar-refractivity contribution is 0.176. The second-order valence-corrected chi connectivity index (χ2v) is 7.45. The molecule has 7 nitrogen and oxygen atoms in total. The van der Waals surface area contributed by atoms with Crippen molar-refractivity contribution < 1.29 is 9.59 Å². The van der Waals surface area contributed by atoms with Gasteiger partial charge < -0.3 is 25.8 Å². The van der Waals surface area contributed by atoms with Gasteiger partial charge in [-0.2, -0.15) is 0 Å². The number of piperidine rings is 1. The molecule has 0 aromatic heterocycles. The topological polar surface area (TPSA) is 76.7 Å². The minimum atomic E-state index is -0.208. The van der Waals surface area contributed by atoms with E-state index in [0.717, 1.165) is 29.8 Å². The number of benzene rings is 2. The molecule has 1 aliphatic rings. The minimum absolute atomic E-state index is 0.0612. The quantitative estimate of drug-likeness (QED) is 0.727. The second kappa shape index (κ2) is 9.82. The highest BCUT2D eigenvalue weighted by Crippen LogP contribution is 2.14. The fourth-order valence-electron chi connectivity index (χ4n) is 3.30. The Balaban J connectivity index is 1.38. The fraction of sp³-hybridized carbons (Fsp3) is 0.364. The van der Waals surface area contributed by atoms with Gasteiger partial charge in [0.25, 0.3) is 0 Å². The van der Waals surface area contributed by atoms with Crippen LogP contribution in [0.3, 0.4) is 0 Å². The Morgan fingerprint density at radius 1 is 1.00 bits per heavy atom. The van der Waals surface area contributed by atoms with Crippen LogP contribution in [0.4, 0.5) is 21.0 Å². The SMILES string of the molecule is CN(C)c1ccc(CNC(=O)N2CCC(NC(=O)Nc3ccccc3)CC2)cc1. The van der Waals surface area contributed by atoms with E-state index in [9.17, 15) is 9.59 Å². The number of nitrogens with one attached hydrogen (secondary N) is 3. The molecule has 4 amide bonds. The molecule has 1 fully saturated rings. The van der Waals surface area contributed by atoms with Gasteiger partial charge >= 0.3 is 12.1 Å². The van der Waals surface area contributed by atoms with Gasteiger partial charge in [-0.1, -0.05) is 30.3 Å². The van der Waals surface area contributed by atoms with Gasteiger partial charge in [-0.05, 0) is 42.7 Å². The molecular formula is C22H29N5O2. The number of urea groups is 2. The van der Waals surface area contributed by atoms with Gasteiger partial charge in [0.05, 0.1) is 0 Å². The molecule has 2 aromatic rings. The highest BCUT2D eigenvalue weighted by Gasteiger charge is 2.23. The van der Waals surface area contributed by atoms with Crippen molar-refractivity contribution in [2.24, 2.45) is 0 Å². The molecule has 2 aromatic carbocycles. The molecule has 0 radical (unpaired) electrons. The van der Waals surface area contributed by atoms with E-state index in [1.165, 1.54) is 0 Å². The molecule has 0 spiro atoms. The van der Waals surface area contributed by atoms with Crippen LogP contribution in [0.2, 0.25) is 0 Å². The molecule has 1 heterocycles. The van der Waals surface area contributed by atoms with Crippen molar-refractivity contribution in [1.29, 1.82) is 0 Å². The van der Waals surface area contributed by atoms with Crippen molar-refractivity contribution in [3.05, 3.63) is 60.2 Å². The molecule has 1 saturated heterocycles. The summed E-state index contributed by atoms with van der Waals surface area (Å²) in [6.07, 6.45) is 1.49. The number of amides is 4. The summed E-state index contributed by atoms with van der Waals surface area (Å²) in [6, 6.07) is 17.3. The summed E-state index contributed by atoms with van der Waals surface area (Å²) in [4.78, 5) is 28.4. The van der Waals surface area contributed by atoms with Crippen LogP contribution in [0, 0.1) is 0 Å². The van der Waals surface area contributed by atoms with Crippen LogP contribution < -0.4 is 20.9 Å². The van der Waals surface area contributed by atoms with Crippen LogP contribution in [-0.4, -0.2) is 50.2 Å². The molecule has 3 N–H and O–H groups in total. The van der Waals surface area contributed by atoms with Crippen molar-refractivity contribution in [2.75, 3.05) is 37.4 Å². The van der Waals surface area contributed by atoms with E-state index in [1.54, 1.807) is 0 Å². The average molecular weight is 396 g/mol. The lowest BCUT2D eigenvalue weighted by atomic mass is 10.1. The van der Waals surface area contributed by atoms with Crippen LogP contribution in [0.5, 0.6) is 0 Å². The first kappa shape index (κ1) is 20.5. The van der Waals surface area contributed by atoms with Crippen LogP contribution in [-0.2, 0) is 6.54 Å². The normalized spacial score (nSPS) is 14.2. The van der Waals surface area contributed by atoms with E-state index in [-0.39, 0.29) is 18.1 Å². The van der Waals surface area contributed by atoms with Crippen LogP contribution in [0.25, 0.3) is 0 Å². The van der Waals surface area contributed by atoms with Crippen LogP contribution in [0.1, 0.15) is 18.4 Å². The summed E-state index contributed by atoms with van der Waals surface area (Å²) >= 11 is 0. The third-order valence-electron chi connectivity index (χ3n) is 5.05. The number of anilines is 2. The molecule has 29 heavy (non-hydrogen) atoms. The number of nitrogens with zero attached hydrogens (tertiary/aromatic N) is 2. The van der Waals surface area contributed by atoms with E-state index >= 15 is 0 Å². The highest BCUT2D eigenvalue weighted by atomic mass is 16.2. The van der Waals surface area contributed by atoms with Gasteiger partial charge in [0.1, 0.15) is 0 Å². The number of rotatable bonds is 5. The van der Waals surface area contributed by atoms with Gasteiger partial charge in [0, 0.05) is 51.1 Å². The zero-order chi connectivity index (χ0) is 20.6. The first-order valence-corrected chi connectivity index (χ1v) is 9.93. The van der Waals surface area contributed by atoms with Gasteiger partial charge in [0.15, 0.2) is 0 Å². The Morgan fingerprint density at radius 3 is 2.28 bits per heavy atom. The Labute approximate surface area is 172 Å². The number of hydrogen-bond donors (Lipinski definition) is 3. The van der Waals surface area contributed by atoms with E-state index in [4.69, 9.17) is 0 Å². The fourth-order valence-corrected chi connectivity index (χ4v) is 3.30. The van der Waals surface area contributed by atoms with Crippen molar-refractivity contribution in [3.8, 4) is 0 Å². The third-order valence-corrected chi connectivity index (χ3v) is 5.05. The summed E-state index contributed by atoms with van der Waals surface area (Å²) in [5.41, 5.74) is 2.96. The van der Waals surface area contributed by atoms with Gasteiger partial charge in [-0.3, -0.25) is 0 Å². The van der Waals surface area contributed by atoms with E-state index < -0.39 is 0 Å². The van der Waals surface area contributed by atoms with Crippen molar-refractivity contribution in [3.63, 3.8) is 0 Å². The first-order chi connectivity index (χ1) is 14.0. The minimum Gasteiger partial charge on any atom is -0.378 e. The molecular weight excluding hydrogens is 366 g/mol. The number of carbonyl (C=O) groups is 2. The predicted molar refractivity (Wildman–Crippen MR) is 116 cm³/mol. The van der Waals surface area contributed by atoms with E-state index in [2.05, 4.69) is 16.0 Å². The maximum absolute atomic E-state index is 12.4.